The molecule has 5 rings (SSSR count). The van der Waals surface area contributed by atoms with Crippen LogP contribution in [0.5, 0.6) is 11.5 Å². The summed E-state index contributed by atoms with van der Waals surface area (Å²) in [5.74, 6) is -0.215. The summed E-state index contributed by atoms with van der Waals surface area (Å²) in [6.45, 7) is 2.08. The Bertz CT molecular complexity index is 1670. The monoisotopic (exact) mass is 540 g/mol. The molecule has 0 unspecified atom stereocenters. The number of ether oxygens (including phenoxy) is 2. The van der Waals surface area contributed by atoms with Crippen molar-refractivity contribution in [1.82, 2.24) is 0 Å². The van der Waals surface area contributed by atoms with Gasteiger partial charge in [-0.25, -0.2) is 9.18 Å². The van der Waals surface area contributed by atoms with Crippen LogP contribution in [0.15, 0.2) is 101 Å². The SMILES string of the molecule is Cc1oc2ccc(OCc3ccccc3)cc2c1C(=O)Oc1ccc(C(=O)C=Cc2c(F)cccc2Cl)cc1. The van der Waals surface area contributed by atoms with Crippen LogP contribution in [0.3, 0.4) is 0 Å². The molecule has 0 saturated carbocycles. The maximum atomic E-state index is 13.9. The Labute approximate surface area is 229 Å². The van der Waals surface area contributed by atoms with Crippen LogP contribution in [0.1, 0.15) is 37.6 Å². The first-order valence-electron chi connectivity index (χ1n) is 12.1. The fourth-order valence-electron chi connectivity index (χ4n) is 4.05. The Kier molecular flexibility index (Phi) is 7.57. The molecule has 39 heavy (non-hydrogen) atoms. The standard InChI is InChI=1S/C32H22ClFO5/c1-20-31(26-18-24(14-17-30(26)38-20)37-19-21-6-3-2-4-7-21)32(36)39-23-12-10-22(11-13-23)29(35)16-15-25-27(33)8-5-9-28(25)34/h2-18H,19H2,1H3. The third-order valence-corrected chi connectivity index (χ3v) is 6.37. The molecule has 1 aromatic heterocycles. The Morgan fingerprint density at radius 3 is 2.41 bits per heavy atom. The van der Waals surface area contributed by atoms with Gasteiger partial charge < -0.3 is 13.9 Å². The first-order chi connectivity index (χ1) is 18.9. The molecular weight excluding hydrogens is 519 g/mol. The zero-order valence-corrected chi connectivity index (χ0v) is 21.6. The Morgan fingerprint density at radius 2 is 1.67 bits per heavy atom. The number of rotatable bonds is 8. The fourth-order valence-corrected chi connectivity index (χ4v) is 4.28. The predicted molar refractivity (Wildman–Crippen MR) is 148 cm³/mol. The van der Waals surface area contributed by atoms with E-state index in [4.69, 9.17) is 25.5 Å². The Balaban J connectivity index is 1.29. The van der Waals surface area contributed by atoms with E-state index in [9.17, 15) is 14.0 Å². The highest BCUT2D eigenvalue weighted by molar-refractivity contribution is 6.32. The van der Waals surface area contributed by atoms with Gasteiger partial charge in [-0.15, -0.1) is 0 Å². The van der Waals surface area contributed by atoms with Crippen LogP contribution in [0, 0.1) is 12.7 Å². The summed E-state index contributed by atoms with van der Waals surface area (Å²) in [6, 6.07) is 25.4. The maximum Gasteiger partial charge on any atom is 0.347 e. The number of aryl methyl sites for hydroxylation is 1. The molecule has 0 aliphatic carbocycles. The van der Waals surface area contributed by atoms with Crippen molar-refractivity contribution in [2.75, 3.05) is 0 Å². The first kappa shape index (κ1) is 25.9. The normalized spacial score (nSPS) is 11.2. The second-order valence-electron chi connectivity index (χ2n) is 8.71. The van der Waals surface area contributed by atoms with Crippen molar-refractivity contribution in [3.63, 3.8) is 0 Å². The van der Waals surface area contributed by atoms with E-state index in [0.29, 0.717) is 40.2 Å². The average Bonchev–Trinajstić information content (AvgIpc) is 3.27. The Morgan fingerprint density at radius 1 is 0.923 bits per heavy atom. The summed E-state index contributed by atoms with van der Waals surface area (Å²) >= 11 is 6.00. The van der Waals surface area contributed by atoms with Gasteiger partial charge in [0.15, 0.2) is 5.78 Å². The molecule has 0 amide bonds. The molecule has 0 atom stereocenters. The second-order valence-corrected chi connectivity index (χ2v) is 9.12. The van der Waals surface area contributed by atoms with Crippen molar-refractivity contribution < 1.29 is 27.9 Å². The van der Waals surface area contributed by atoms with Crippen molar-refractivity contribution in [3.8, 4) is 11.5 Å². The minimum absolute atomic E-state index is 0.134. The molecule has 0 spiro atoms. The number of fused-ring (bicyclic) bond motifs is 1. The van der Waals surface area contributed by atoms with Crippen LogP contribution in [0.4, 0.5) is 4.39 Å². The molecule has 0 fully saturated rings. The summed E-state index contributed by atoms with van der Waals surface area (Å²) < 4.78 is 31.2. The first-order valence-corrected chi connectivity index (χ1v) is 12.5. The van der Waals surface area contributed by atoms with Crippen molar-refractivity contribution in [1.29, 1.82) is 0 Å². The van der Waals surface area contributed by atoms with E-state index in [1.54, 1.807) is 31.2 Å². The molecule has 0 aliphatic heterocycles. The molecule has 0 N–H and O–H groups in total. The molecule has 0 radical (unpaired) electrons. The second kappa shape index (κ2) is 11.4. The van der Waals surface area contributed by atoms with Crippen molar-refractivity contribution >= 4 is 40.4 Å². The number of esters is 1. The van der Waals surface area contributed by atoms with Gasteiger partial charge in [-0.3, -0.25) is 4.79 Å². The topological polar surface area (TPSA) is 65.7 Å². The summed E-state index contributed by atoms with van der Waals surface area (Å²) in [4.78, 5) is 25.6. The molecule has 194 valence electrons. The van der Waals surface area contributed by atoms with Crippen LogP contribution in [-0.4, -0.2) is 11.8 Å². The minimum atomic E-state index is -0.598. The Hall–Kier alpha value is -4.68. The van der Waals surface area contributed by atoms with Gasteiger partial charge in [-0.2, -0.15) is 0 Å². The summed E-state index contributed by atoms with van der Waals surface area (Å²) in [7, 11) is 0. The van der Waals surface area contributed by atoms with Gasteiger partial charge in [-0.1, -0.05) is 48.0 Å². The number of furan rings is 1. The van der Waals surface area contributed by atoms with E-state index in [1.807, 2.05) is 30.3 Å². The van der Waals surface area contributed by atoms with Crippen molar-refractivity contribution in [2.45, 2.75) is 13.5 Å². The van der Waals surface area contributed by atoms with Gasteiger partial charge in [0.2, 0.25) is 0 Å². The third kappa shape index (κ3) is 5.92. The fraction of sp³-hybridized carbons (Fsp3) is 0.0625. The van der Waals surface area contributed by atoms with E-state index < -0.39 is 11.8 Å². The van der Waals surface area contributed by atoms with Gasteiger partial charge in [0.25, 0.3) is 0 Å². The average molecular weight is 541 g/mol. The number of ketones is 1. The molecule has 7 heteroatoms. The number of carbonyl (C=O) groups is 2. The van der Waals surface area contributed by atoms with Gasteiger partial charge in [0, 0.05) is 16.5 Å². The lowest BCUT2D eigenvalue weighted by atomic mass is 10.1. The van der Waals surface area contributed by atoms with Gasteiger partial charge >= 0.3 is 5.97 Å². The minimum Gasteiger partial charge on any atom is -0.489 e. The van der Waals surface area contributed by atoms with E-state index in [2.05, 4.69) is 0 Å². The predicted octanol–water partition coefficient (Wildman–Crippen LogP) is 8.23. The highest BCUT2D eigenvalue weighted by Gasteiger charge is 2.21. The largest absolute Gasteiger partial charge is 0.489 e. The van der Waals surface area contributed by atoms with Crippen LogP contribution in [-0.2, 0) is 6.61 Å². The van der Waals surface area contributed by atoms with Gasteiger partial charge in [0.05, 0.1) is 5.02 Å². The number of allylic oxidation sites excluding steroid dienone is 1. The molecule has 1 heterocycles. The van der Waals surface area contributed by atoms with Crippen LogP contribution in [0.2, 0.25) is 5.02 Å². The van der Waals surface area contributed by atoms with Gasteiger partial charge in [-0.05, 0) is 79.2 Å². The number of halogens is 2. The lowest BCUT2D eigenvalue weighted by molar-refractivity contribution is 0.0734. The van der Waals surface area contributed by atoms with Crippen molar-refractivity contribution in [2.24, 2.45) is 0 Å². The number of benzene rings is 4. The zero-order valence-electron chi connectivity index (χ0n) is 20.8. The number of carbonyl (C=O) groups excluding carboxylic acids is 2. The quantitative estimate of drug-likeness (QED) is 0.0858. The van der Waals surface area contributed by atoms with Crippen molar-refractivity contribution in [3.05, 3.63) is 136 Å². The van der Waals surface area contributed by atoms with E-state index >= 15 is 0 Å². The lowest BCUT2D eigenvalue weighted by Gasteiger charge is -2.07. The van der Waals surface area contributed by atoms with Gasteiger partial charge in [0.1, 0.15) is 40.8 Å². The molecule has 0 saturated heterocycles. The molecule has 4 aromatic carbocycles. The number of hydrogen-bond acceptors (Lipinski definition) is 5. The molecule has 0 bridgehead atoms. The maximum absolute atomic E-state index is 13.9. The van der Waals surface area contributed by atoms with Crippen LogP contribution < -0.4 is 9.47 Å². The third-order valence-electron chi connectivity index (χ3n) is 6.04. The summed E-state index contributed by atoms with van der Waals surface area (Å²) in [5, 5.41) is 0.782. The highest BCUT2D eigenvalue weighted by atomic mass is 35.5. The smallest absolute Gasteiger partial charge is 0.347 e. The lowest BCUT2D eigenvalue weighted by Crippen LogP contribution is -2.09. The molecule has 5 nitrogen and oxygen atoms in total. The van der Waals surface area contributed by atoms with Crippen LogP contribution in [0.25, 0.3) is 17.0 Å². The highest BCUT2D eigenvalue weighted by Crippen LogP contribution is 2.30. The summed E-state index contributed by atoms with van der Waals surface area (Å²) in [5.41, 5.74) is 2.32. The van der Waals surface area contributed by atoms with E-state index in [0.717, 1.165) is 5.56 Å². The van der Waals surface area contributed by atoms with E-state index in [-0.39, 0.29) is 22.1 Å². The zero-order chi connectivity index (χ0) is 27.4. The van der Waals surface area contributed by atoms with Crippen LogP contribution >= 0.6 is 11.6 Å². The molecular formula is C32H22ClFO5. The van der Waals surface area contributed by atoms with E-state index in [1.165, 1.54) is 48.6 Å². The molecule has 0 aliphatic rings. The molecule has 5 aromatic rings. The number of hydrogen-bond donors (Lipinski definition) is 0. The summed E-state index contributed by atoms with van der Waals surface area (Å²) in [6.07, 6.45) is 2.57.